The van der Waals surface area contributed by atoms with Gasteiger partial charge < -0.3 is 5.32 Å². The first kappa shape index (κ1) is 14.0. The van der Waals surface area contributed by atoms with Crippen LogP contribution in [0, 0.1) is 6.92 Å². The first-order valence-corrected chi connectivity index (χ1v) is 7.76. The standard InChI is InChI=1S/C13H14BrClN2S/c1-9-8-18-13(17-9)4-5-16-7-10-6-11(15)2-3-12(10)14/h2-3,6,8,16H,4-5,7H2,1H3. The summed E-state index contributed by atoms with van der Waals surface area (Å²) in [6.45, 7) is 3.76. The molecule has 0 unspecified atom stereocenters. The van der Waals surface area contributed by atoms with Crippen molar-refractivity contribution < 1.29 is 0 Å². The van der Waals surface area contributed by atoms with Gasteiger partial charge in [-0.3, -0.25) is 0 Å². The van der Waals surface area contributed by atoms with Gasteiger partial charge in [-0.25, -0.2) is 4.98 Å². The van der Waals surface area contributed by atoms with E-state index in [0.717, 1.165) is 34.7 Å². The SMILES string of the molecule is Cc1csc(CCNCc2cc(Cl)ccc2Br)n1. The van der Waals surface area contributed by atoms with Gasteiger partial charge in [-0.05, 0) is 30.7 Å². The molecule has 1 aromatic carbocycles. The van der Waals surface area contributed by atoms with Crippen molar-refractivity contribution in [2.24, 2.45) is 0 Å². The van der Waals surface area contributed by atoms with Crippen molar-refractivity contribution in [3.63, 3.8) is 0 Å². The van der Waals surface area contributed by atoms with Crippen molar-refractivity contribution in [1.29, 1.82) is 0 Å². The molecule has 2 nitrogen and oxygen atoms in total. The third-order valence-electron chi connectivity index (χ3n) is 2.51. The van der Waals surface area contributed by atoms with E-state index in [4.69, 9.17) is 11.6 Å². The van der Waals surface area contributed by atoms with Crippen LogP contribution in [-0.2, 0) is 13.0 Å². The molecule has 5 heteroatoms. The molecule has 0 amide bonds. The van der Waals surface area contributed by atoms with Gasteiger partial charge in [0.25, 0.3) is 0 Å². The molecule has 0 saturated heterocycles. The van der Waals surface area contributed by atoms with Crippen molar-refractivity contribution in [1.82, 2.24) is 10.3 Å². The molecule has 1 N–H and O–H groups in total. The number of hydrogen-bond acceptors (Lipinski definition) is 3. The number of rotatable bonds is 5. The number of nitrogens with one attached hydrogen (secondary N) is 1. The van der Waals surface area contributed by atoms with Gasteiger partial charge in [-0.15, -0.1) is 11.3 Å². The molecular formula is C13H14BrClN2S. The fourth-order valence-corrected chi connectivity index (χ4v) is 2.97. The monoisotopic (exact) mass is 344 g/mol. The Kier molecular flexibility index (Phi) is 5.18. The van der Waals surface area contributed by atoms with Crippen LogP contribution in [0.3, 0.4) is 0 Å². The maximum atomic E-state index is 5.97. The third kappa shape index (κ3) is 4.05. The Balaban J connectivity index is 1.80. The highest BCUT2D eigenvalue weighted by atomic mass is 79.9. The predicted octanol–water partition coefficient (Wildman–Crippen LogP) is 4.20. The average Bonchev–Trinajstić information content (AvgIpc) is 2.75. The molecule has 1 heterocycles. The van der Waals surface area contributed by atoms with Crippen LogP contribution >= 0.6 is 38.9 Å². The van der Waals surface area contributed by atoms with Gasteiger partial charge in [0.1, 0.15) is 0 Å². The van der Waals surface area contributed by atoms with Gasteiger partial charge in [-0.2, -0.15) is 0 Å². The Bertz CT molecular complexity index is 527. The van der Waals surface area contributed by atoms with Crippen LogP contribution in [-0.4, -0.2) is 11.5 Å². The summed E-state index contributed by atoms with van der Waals surface area (Å²) in [4.78, 5) is 4.44. The molecule has 0 aliphatic carbocycles. The van der Waals surface area contributed by atoms with E-state index in [1.165, 1.54) is 10.6 Å². The fraction of sp³-hybridized carbons (Fsp3) is 0.308. The highest BCUT2D eigenvalue weighted by molar-refractivity contribution is 9.10. The molecule has 0 fully saturated rings. The first-order chi connectivity index (χ1) is 8.65. The Morgan fingerprint density at radius 3 is 3.00 bits per heavy atom. The maximum absolute atomic E-state index is 5.97. The van der Waals surface area contributed by atoms with E-state index >= 15 is 0 Å². The third-order valence-corrected chi connectivity index (χ3v) is 4.54. The first-order valence-electron chi connectivity index (χ1n) is 5.71. The lowest BCUT2D eigenvalue weighted by Gasteiger charge is -2.06. The predicted molar refractivity (Wildman–Crippen MR) is 81.4 cm³/mol. The molecular weight excluding hydrogens is 332 g/mol. The van der Waals surface area contributed by atoms with Crippen LogP contribution < -0.4 is 5.32 Å². The number of halogens is 2. The van der Waals surface area contributed by atoms with Gasteiger partial charge in [0.2, 0.25) is 0 Å². The summed E-state index contributed by atoms with van der Waals surface area (Å²) in [6, 6.07) is 5.84. The number of aromatic nitrogens is 1. The minimum atomic E-state index is 0.769. The van der Waals surface area contributed by atoms with E-state index < -0.39 is 0 Å². The van der Waals surface area contributed by atoms with E-state index in [1.807, 2.05) is 25.1 Å². The summed E-state index contributed by atoms with van der Waals surface area (Å²) in [7, 11) is 0. The lowest BCUT2D eigenvalue weighted by Crippen LogP contribution is -2.16. The second-order valence-corrected chi connectivity index (χ2v) is 6.28. The molecule has 2 aromatic rings. The second kappa shape index (κ2) is 6.66. The highest BCUT2D eigenvalue weighted by Gasteiger charge is 2.02. The summed E-state index contributed by atoms with van der Waals surface area (Å²) in [5.41, 5.74) is 2.28. The zero-order valence-electron chi connectivity index (χ0n) is 10.0. The van der Waals surface area contributed by atoms with Crippen molar-refractivity contribution in [3.05, 3.63) is 49.3 Å². The van der Waals surface area contributed by atoms with Crippen molar-refractivity contribution in [2.75, 3.05) is 6.54 Å². The average molecular weight is 346 g/mol. The molecule has 0 spiro atoms. The molecule has 0 bridgehead atoms. The lowest BCUT2D eigenvalue weighted by molar-refractivity contribution is 0.683. The Morgan fingerprint density at radius 1 is 1.44 bits per heavy atom. The summed E-state index contributed by atoms with van der Waals surface area (Å²) in [5.74, 6) is 0. The van der Waals surface area contributed by atoms with E-state index in [1.54, 1.807) is 11.3 Å². The van der Waals surface area contributed by atoms with Crippen LogP contribution in [0.4, 0.5) is 0 Å². The van der Waals surface area contributed by atoms with Crippen LogP contribution in [0.25, 0.3) is 0 Å². The van der Waals surface area contributed by atoms with Gasteiger partial charge in [0, 0.05) is 40.1 Å². The molecule has 0 saturated carbocycles. The molecule has 1 aromatic heterocycles. The Morgan fingerprint density at radius 2 is 2.28 bits per heavy atom. The Labute approximate surface area is 125 Å². The minimum Gasteiger partial charge on any atom is -0.312 e. The van der Waals surface area contributed by atoms with Crippen LogP contribution in [0.1, 0.15) is 16.3 Å². The van der Waals surface area contributed by atoms with E-state index in [9.17, 15) is 0 Å². The number of hydrogen-bond donors (Lipinski definition) is 1. The summed E-state index contributed by atoms with van der Waals surface area (Å²) in [5, 5.41) is 7.45. The number of benzene rings is 1. The van der Waals surface area contributed by atoms with Gasteiger partial charge in [0.15, 0.2) is 0 Å². The van der Waals surface area contributed by atoms with E-state index in [0.29, 0.717) is 0 Å². The second-order valence-electron chi connectivity index (χ2n) is 4.05. The maximum Gasteiger partial charge on any atom is 0.0940 e. The zero-order chi connectivity index (χ0) is 13.0. The largest absolute Gasteiger partial charge is 0.312 e. The zero-order valence-corrected chi connectivity index (χ0v) is 13.2. The Hall–Kier alpha value is -0.420. The van der Waals surface area contributed by atoms with Gasteiger partial charge >= 0.3 is 0 Å². The summed E-state index contributed by atoms with van der Waals surface area (Å²) >= 11 is 11.2. The van der Waals surface area contributed by atoms with Crippen LogP contribution in [0.5, 0.6) is 0 Å². The quantitative estimate of drug-likeness (QED) is 0.822. The molecule has 0 aliphatic rings. The molecule has 0 aliphatic heterocycles. The van der Waals surface area contributed by atoms with Crippen molar-refractivity contribution in [2.45, 2.75) is 19.9 Å². The molecule has 0 radical (unpaired) electrons. The molecule has 2 rings (SSSR count). The van der Waals surface area contributed by atoms with Gasteiger partial charge in [0.05, 0.1) is 5.01 Å². The van der Waals surface area contributed by atoms with Crippen molar-refractivity contribution in [3.8, 4) is 0 Å². The van der Waals surface area contributed by atoms with Crippen LogP contribution in [0.2, 0.25) is 5.02 Å². The van der Waals surface area contributed by atoms with Crippen molar-refractivity contribution >= 4 is 38.9 Å². The highest BCUT2D eigenvalue weighted by Crippen LogP contribution is 2.20. The lowest BCUT2D eigenvalue weighted by atomic mass is 10.2. The molecule has 96 valence electrons. The minimum absolute atomic E-state index is 0.769. The fourth-order valence-electron chi connectivity index (χ4n) is 1.61. The summed E-state index contributed by atoms with van der Waals surface area (Å²) in [6.07, 6.45) is 0.969. The number of nitrogens with zero attached hydrogens (tertiary/aromatic N) is 1. The number of thiazole rings is 1. The molecule has 0 atom stereocenters. The summed E-state index contributed by atoms with van der Waals surface area (Å²) < 4.78 is 1.09. The topological polar surface area (TPSA) is 24.9 Å². The van der Waals surface area contributed by atoms with E-state index in [2.05, 4.69) is 31.6 Å². The smallest absolute Gasteiger partial charge is 0.0940 e. The van der Waals surface area contributed by atoms with Crippen LogP contribution in [0.15, 0.2) is 28.1 Å². The normalized spacial score (nSPS) is 10.8. The number of aryl methyl sites for hydroxylation is 1. The van der Waals surface area contributed by atoms with E-state index in [-0.39, 0.29) is 0 Å². The van der Waals surface area contributed by atoms with Gasteiger partial charge in [-0.1, -0.05) is 27.5 Å². The molecule has 18 heavy (non-hydrogen) atoms.